The Morgan fingerprint density at radius 2 is 2.50 bits per heavy atom. The molecule has 1 atom stereocenters. The van der Waals surface area contributed by atoms with Crippen molar-refractivity contribution in [2.75, 3.05) is 12.4 Å². The Hall–Kier alpha value is -0.520. The lowest BCUT2D eigenvalue weighted by Crippen LogP contribution is -2.37. The van der Waals surface area contributed by atoms with Crippen LogP contribution in [-0.2, 0) is 10.5 Å². The van der Waals surface area contributed by atoms with Gasteiger partial charge < -0.3 is 10.4 Å². The number of aliphatic hydroxyl groups excluding tert-OH is 1. The molecule has 0 aromatic carbocycles. The summed E-state index contributed by atoms with van der Waals surface area (Å²) in [7, 11) is 0. The van der Waals surface area contributed by atoms with E-state index in [4.69, 9.17) is 5.11 Å². The zero-order valence-electron chi connectivity index (χ0n) is 9.31. The van der Waals surface area contributed by atoms with Crippen molar-refractivity contribution in [2.45, 2.75) is 25.1 Å². The molecule has 3 nitrogen and oxygen atoms in total. The standard InChI is InChI=1S/C11H17NO2S2/c1-2-9(6-13)12-11(14)8-15-7-10-4-3-5-16-10/h3-5,9,13H,2,6-8H2,1H3,(H,12,14). The van der Waals surface area contributed by atoms with Gasteiger partial charge in [-0.25, -0.2) is 0 Å². The maximum absolute atomic E-state index is 11.5. The van der Waals surface area contributed by atoms with Gasteiger partial charge >= 0.3 is 0 Å². The van der Waals surface area contributed by atoms with Gasteiger partial charge in [0, 0.05) is 10.6 Å². The average Bonchev–Trinajstić information content (AvgIpc) is 2.79. The molecule has 1 rings (SSSR count). The summed E-state index contributed by atoms with van der Waals surface area (Å²) in [6, 6.07) is 3.98. The minimum absolute atomic E-state index is 0.00227. The Bertz CT molecular complexity index is 297. The fourth-order valence-electron chi connectivity index (χ4n) is 1.19. The van der Waals surface area contributed by atoms with Gasteiger partial charge in [-0.05, 0) is 17.9 Å². The molecule has 5 heteroatoms. The molecule has 1 heterocycles. The van der Waals surface area contributed by atoms with Gasteiger partial charge in [0.2, 0.25) is 5.91 Å². The van der Waals surface area contributed by atoms with Crippen LogP contribution in [0.5, 0.6) is 0 Å². The topological polar surface area (TPSA) is 49.3 Å². The van der Waals surface area contributed by atoms with E-state index in [9.17, 15) is 4.79 Å². The summed E-state index contributed by atoms with van der Waals surface area (Å²) in [5.41, 5.74) is 0. The molecule has 90 valence electrons. The van der Waals surface area contributed by atoms with Crippen LogP contribution in [-0.4, -0.2) is 29.4 Å². The summed E-state index contributed by atoms with van der Waals surface area (Å²) in [6.07, 6.45) is 0.762. The zero-order valence-corrected chi connectivity index (χ0v) is 10.9. The molecular formula is C11H17NO2S2. The highest BCUT2D eigenvalue weighted by atomic mass is 32.2. The van der Waals surface area contributed by atoms with Crippen LogP contribution < -0.4 is 5.32 Å². The smallest absolute Gasteiger partial charge is 0.230 e. The third-order valence-electron chi connectivity index (χ3n) is 2.14. The summed E-state index contributed by atoms with van der Waals surface area (Å²) < 4.78 is 0. The number of thiophene rings is 1. The molecule has 0 saturated carbocycles. The molecule has 0 aliphatic carbocycles. The number of carbonyl (C=O) groups is 1. The van der Waals surface area contributed by atoms with Crippen molar-refractivity contribution < 1.29 is 9.90 Å². The maximum atomic E-state index is 11.5. The first kappa shape index (κ1) is 13.5. The fourth-order valence-corrected chi connectivity index (χ4v) is 2.86. The molecule has 0 bridgehead atoms. The molecule has 0 aliphatic heterocycles. The number of hydrogen-bond acceptors (Lipinski definition) is 4. The van der Waals surface area contributed by atoms with Crippen LogP contribution >= 0.6 is 23.1 Å². The highest BCUT2D eigenvalue weighted by molar-refractivity contribution is 7.99. The third kappa shape index (κ3) is 5.01. The van der Waals surface area contributed by atoms with Crippen molar-refractivity contribution in [3.63, 3.8) is 0 Å². The first-order chi connectivity index (χ1) is 7.76. The SMILES string of the molecule is CCC(CO)NC(=O)CSCc1cccs1. The molecule has 0 spiro atoms. The summed E-state index contributed by atoms with van der Waals surface area (Å²) in [6.45, 7) is 1.96. The number of rotatable bonds is 7. The van der Waals surface area contributed by atoms with Crippen LogP contribution in [0.1, 0.15) is 18.2 Å². The molecule has 1 aromatic heterocycles. The first-order valence-corrected chi connectivity index (χ1v) is 7.30. The molecule has 0 aliphatic rings. The predicted molar refractivity (Wildman–Crippen MR) is 69.8 cm³/mol. The van der Waals surface area contributed by atoms with E-state index in [-0.39, 0.29) is 18.6 Å². The lowest BCUT2D eigenvalue weighted by molar-refractivity contribution is -0.119. The quantitative estimate of drug-likeness (QED) is 0.786. The van der Waals surface area contributed by atoms with Crippen LogP contribution in [0.4, 0.5) is 0 Å². The lowest BCUT2D eigenvalue weighted by atomic mass is 10.2. The van der Waals surface area contributed by atoms with Gasteiger partial charge in [-0.2, -0.15) is 0 Å². The van der Waals surface area contributed by atoms with E-state index in [0.717, 1.165) is 12.2 Å². The number of carbonyl (C=O) groups excluding carboxylic acids is 1. The van der Waals surface area contributed by atoms with Crippen LogP contribution in [0.3, 0.4) is 0 Å². The van der Waals surface area contributed by atoms with E-state index >= 15 is 0 Å². The summed E-state index contributed by atoms with van der Waals surface area (Å²) in [5.74, 6) is 1.33. The highest BCUT2D eigenvalue weighted by Crippen LogP contribution is 2.16. The van der Waals surface area contributed by atoms with Crippen LogP contribution in [0.15, 0.2) is 17.5 Å². The van der Waals surface area contributed by atoms with Gasteiger partial charge in [0.1, 0.15) is 0 Å². The molecule has 0 radical (unpaired) electrons. The normalized spacial score (nSPS) is 12.4. The molecule has 16 heavy (non-hydrogen) atoms. The second-order valence-corrected chi connectivity index (χ2v) is 5.45. The van der Waals surface area contributed by atoms with E-state index < -0.39 is 0 Å². The number of thioether (sulfide) groups is 1. The van der Waals surface area contributed by atoms with E-state index in [1.165, 1.54) is 4.88 Å². The first-order valence-electron chi connectivity index (χ1n) is 5.26. The minimum atomic E-state index is -0.102. The van der Waals surface area contributed by atoms with E-state index in [2.05, 4.69) is 11.4 Å². The van der Waals surface area contributed by atoms with Crippen LogP contribution in [0, 0.1) is 0 Å². The molecule has 2 N–H and O–H groups in total. The molecule has 0 saturated heterocycles. The van der Waals surface area contributed by atoms with Crippen molar-refractivity contribution in [2.24, 2.45) is 0 Å². The summed E-state index contributed by atoms with van der Waals surface area (Å²) in [4.78, 5) is 12.7. The average molecular weight is 259 g/mol. The number of aliphatic hydroxyl groups is 1. The largest absolute Gasteiger partial charge is 0.394 e. The molecule has 1 amide bonds. The second-order valence-electron chi connectivity index (χ2n) is 3.43. The monoisotopic (exact) mass is 259 g/mol. The Morgan fingerprint density at radius 3 is 3.06 bits per heavy atom. The fraction of sp³-hybridized carbons (Fsp3) is 0.545. The molecular weight excluding hydrogens is 242 g/mol. The zero-order chi connectivity index (χ0) is 11.8. The van der Waals surface area contributed by atoms with Gasteiger partial charge in [0.15, 0.2) is 0 Å². The van der Waals surface area contributed by atoms with Crippen molar-refractivity contribution >= 4 is 29.0 Å². The molecule has 0 fully saturated rings. The number of amides is 1. The molecule has 1 aromatic rings. The van der Waals surface area contributed by atoms with Gasteiger partial charge in [0.05, 0.1) is 18.4 Å². The Labute approximate surface area is 104 Å². The predicted octanol–water partition coefficient (Wildman–Crippen LogP) is 1.87. The summed E-state index contributed by atoms with van der Waals surface area (Å²) >= 11 is 3.30. The van der Waals surface area contributed by atoms with E-state index in [1.807, 2.05) is 18.4 Å². The van der Waals surface area contributed by atoms with E-state index in [1.54, 1.807) is 23.1 Å². The third-order valence-corrected chi connectivity index (χ3v) is 4.18. The summed E-state index contributed by atoms with van der Waals surface area (Å²) in [5, 5.41) is 13.8. The lowest BCUT2D eigenvalue weighted by Gasteiger charge is -2.13. The van der Waals surface area contributed by atoms with Crippen LogP contribution in [0.25, 0.3) is 0 Å². The Balaban J connectivity index is 2.15. The van der Waals surface area contributed by atoms with E-state index in [0.29, 0.717) is 5.75 Å². The maximum Gasteiger partial charge on any atom is 0.230 e. The highest BCUT2D eigenvalue weighted by Gasteiger charge is 2.08. The number of nitrogens with one attached hydrogen (secondary N) is 1. The van der Waals surface area contributed by atoms with Crippen molar-refractivity contribution in [1.82, 2.24) is 5.32 Å². The van der Waals surface area contributed by atoms with Gasteiger partial charge in [0.25, 0.3) is 0 Å². The number of hydrogen-bond donors (Lipinski definition) is 2. The minimum Gasteiger partial charge on any atom is -0.394 e. The van der Waals surface area contributed by atoms with Crippen molar-refractivity contribution in [1.29, 1.82) is 0 Å². The van der Waals surface area contributed by atoms with Gasteiger partial charge in [-0.15, -0.1) is 23.1 Å². The van der Waals surface area contributed by atoms with Crippen molar-refractivity contribution in [3.8, 4) is 0 Å². The van der Waals surface area contributed by atoms with Gasteiger partial charge in [-0.3, -0.25) is 4.79 Å². The van der Waals surface area contributed by atoms with Crippen molar-refractivity contribution in [3.05, 3.63) is 22.4 Å². The van der Waals surface area contributed by atoms with Gasteiger partial charge in [-0.1, -0.05) is 13.0 Å². The Kier molecular flexibility index (Phi) is 6.52. The van der Waals surface area contributed by atoms with Crippen LogP contribution in [0.2, 0.25) is 0 Å². The second kappa shape index (κ2) is 7.70. The molecule has 1 unspecified atom stereocenters. The Morgan fingerprint density at radius 1 is 1.69 bits per heavy atom.